The summed E-state index contributed by atoms with van der Waals surface area (Å²) in [5, 5.41) is 0. The largest absolute Gasteiger partial charge is 0.493 e. The van der Waals surface area contributed by atoms with Crippen molar-refractivity contribution in [2.75, 3.05) is 14.2 Å². The predicted octanol–water partition coefficient (Wildman–Crippen LogP) is 3.59. The summed E-state index contributed by atoms with van der Waals surface area (Å²) in [5.41, 5.74) is 3.44. The Labute approximate surface area is 125 Å². The van der Waals surface area contributed by atoms with Crippen molar-refractivity contribution in [3.8, 4) is 11.5 Å². The first-order valence-corrected chi connectivity index (χ1v) is 7.02. The zero-order valence-corrected chi connectivity index (χ0v) is 12.6. The molecule has 1 unspecified atom stereocenters. The molecule has 0 N–H and O–H groups in total. The summed E-state index contributed by atoms with van der Waals surface area (Å²) in [5.74, 6) is 1.54. The van der Waals surface area contributed by atoms with E-state index in [2.05, 4.69) is 19.1 Å². The van der Waals surface area contributed by atoms with Gasteiger partial charge in [0.15, 0.2) is 11.5 Å². The van der Waals surface area contributed by atoms with Crippen LogP contribution in [0.25, 0.3) is 0 Å². The van der Waals surface area contributed by atoms with Crippen LogP contribution in [0.1, 0.15) is 23.6 Å². The molecule has 0 amide bonds. The van der Waals surface area contributed by atoms with Gasteiger partial charge in [0.25, 0.3) is 0 Å². The first-order valence-electron chi connectivity index (χ1n) is 7.02. The van der Waals surface area contributed by atoms with Gasteiger partial charge in [0.1, 0.15) is 0 Å². The predicted molar refractivity (Wildman–Crippen MR) is 84.6 cm³/mol. The molecule has 2 aromatic rings. The van der Waals surface area contributed by atoms with Gasteiger partial charge >= 0.3 is 0 Å². The van der Waals surface area contributed by atoms with E-state index < -0.39 is 0 Å². The normalized spacial score (nSPS) is 20.0. The summed E-state index contributed by atoms with van der Waals surface area (Å²) in [7, 11) is 3.32. The van der Waals surface area contributed by atoms with Crippen LogP contribution in [0.3, 0.4) is 0 Å². The van der Waals surface area contributed by atoms with Crippen LogP contribution in [-0.4, -0.2) is 20.4 Å². The molecular weight excluding hydrogens is 262 g/mol. The van der Waals surface area contributed by atoms with E-state index in [0.29, 0.717) is 0 Å². The number of nitrogens with zero attached hydrogens (tertiary/aromatic N) is 1. The van der Waals surface area contributed by atoms with Crippen LogP contribution in [0, 0.1) is 0 Å². The summed E-state index contributed by atoms with van der Waals surface area (Å²) in [6.07, 6.45) is 2.87. The number of benzene rings is 2. The van der Waals surface area contributed by atoms with Gasteiger partial charge < -0.3 is 9.47 Å². The molecule has 108 valence electrons. The van der Waals surface area contributed by atoms with E-state index >= 15 is 0 Å². The Balaban J connectivity index is 1.90. The minimum atomic E-state index is -0.176. The lowest BCUT2D eigenvalue weighted by Gasteiger charge is -2.38. The molecular formula is C18H19NO2. The summed E-state index contributed by atoms with van der Waals surface area (Å²) >= 11 is 0. The quantitative estimate of drug-likeness (QED) is 0.802. The SMILES string of the molecule is COc1cc2c(cc1OC)C(C)(N=Cc1ccccc1)C2. The highest BCUT2D eigenvalue weighted by atomic mass is 16.5. The lowest BCUT2D eigenvalue weighted by molar-refractivity contribution is 0.346. The van der Waals surface area contributed by atoms with Crippen molar-refractivity contribution in [2.24, 2.45) is 4.99 Å². The highest BCUT2D eigenvalue weighted by Crippen LogP contribution is 2.46. The molecule has 3 heteroatoms. The number of rotatable bonds is 4. The average Bonchev–Trinajstić information content (AvgIpc) is 2.52. The molecule has 1 aliphatic carbocycles. The highest BCUT2D eigenvalue weighted by molar-refractivity contribution is 5.80. The molecule has 0 spiro atoms. The molecule has 0 aliphatic heterocycles. The maximum absolute atomic E-state index is 5.39. The Bertz CT molecular complexity index is 679. The molecule has 0 saturated heterocycles. The Kier molecular flexibility index (Phi) is 3.42. The van der Waals surface area contributed by atoms with Gasteiger partial charge in [-0.2, -0.15) is 0 Å². The van der Waals surface area contributed by atoms with Crippen molar-refractivity contribution in [3.63, 3.8) is 0 Å². The number of hydrogen-bond acceptors (Lipinski definition) is 3. The van der Waals surface area contributed by atoms with Crippen molar-refractivity contribution in [2.45, 2.75) is 18.9 Å². The van der Waals surface area contributed by atoms with Gasteiger partial charge in [-0.25, -0.2) is 0 Å². The van der Waals surface area contributed by atoms with E-state index in [0.717, 1.165) is 23.5 Å². The lowest BCUT2D eigenvalue weighted by Crippen LogP contribution is -2.34. The number of hydrogen-bond donors (Lipinski definition) is 0. The average molecular weight is 281 g/mol. The molecule has 0 saturated carbocycles. The molecule has 2 aromatic carbocycles. The van der Waals surface area contributed by atoms with Crippen molar-refractivity contribution >= 4 is 6.21 Å². The molecule has 0 aromatic heterocycles. The molecule has 1 aliphatic rings. The van der Waals surface area contributed by atoms with E-state index in [9.17, 15) is 0 Å². The van der Waals surface area contributed by atoms with Gasteiger partial charge in [-0.1, -0.05) is 30.3 Å². The topological polar surface area (TPSA) is 30.8 Å². The lowest BCUT2D eigenvalue weighted by atomic mass is 9.72. The van der Waals surface area contributed by atoms with Crippen LogP contribution in [0.5, 0.6) is 11.5 Å². The molecule has 1 atom stereocenters. The third-order valence-corrected chi connectivity index (χ3v) is 4.02. The summed E-state index contributed by atoms with van der Waals surface area (Å²) in [6, 6.07) is 14.3. The molecule has 3 rings (SSSR count). The molecule has 3 nitrogen and oxygen atoms in total. The molecule has 21 heavy (non-hydrogen) atoms. The number of fused-ring (bicyclic) bond motifs is 1. The van der Waals surface area contributed by atoms with Gasteiger partial charge in [-0.15, -0.1) is 0 Å². The molecule has 0 heterocycles. The second kappa shape index (κ2) is 5.24. The van der Waals surface area contributed by atoms with Crippen LogP contribution in [-0.2, 0) is 12.0 Å². The summed E-state index contributed by atoms with van der Waals surface area (Å²) < 4.78 is 10.7. The minimum Gasteiger partial charge on any atom is -0.493 e. The van der Waals surface area contributed by atoms with E-state index in [-0.39, 0.29) is 5.54 Å². The highest BCUT2D eigenvalue weighted by Gasteiger charge is 2.39. The van der Waals surface area contributed by atoms with Crippen LogP contribution in [0.15, 0.2) is 47.5 Å². The van der Waals surface area contributed by atoms with Crippen LogP contribution in [0.4, 0.5) is 0 Å². The maximum Gasteiger partial charge on any atom is 0.161 e. The summed E-state index contributed by atoms with van der Waals surface area (Å²) in [6.45, 7) is 2.15. The zero-order valence-electron chi connectivity index (χ0n) is 12.6. The van der Waals surface area contributed by atoms with Crippen molar-refractivity contribution in [1.29, 1.82) is 0 Å². The first-order chi connectivity index (χ1) is 10.2. The number of methoxy groups -OCH3 is 2. The fourth-order valence-corrected chi connectivity index (χ4v) is 2.80. The Morgan fingerprint density at radius 2 is 1.71 bits per heavy atom. The maximum atomic E-state index is 5.39. The monoisotopic (exact) mass is 281 g/mol. The van der Waals surface area contributed by atoms with E-state index in [1.54, 1.807) is 14.2 Å². The third-order valence-electron chi connectivity index (χ3n) is 4.02. The second-order valence-corrected chi connectivity index (χ2v) is 5.48. The van der Waals surface area contributed by atoms with Gasteiger partial charge in [0.05, 0.1) is 19.8 Å². The van der Waals surface area contributed by atoms with Crippen LogP contribution >= 0.6 is 0 Å². The standard InChI is InChI=1S/C18H19NO2/c1-18(19-12-13-7-5-4-6-8-13)11-14-9-16(20-2)17(21-3)10-15(14)18/h4-10,12H,11H2,1-3H3. The van der Waals surface area contributed by atoms with Gasteiger partial charge in [-0.3, -0.25) is 4.99 Å². The second-order valence-electron chi connectivity index (χ2n) is 5.48. The van der Waals surface area contributed by atoms with Crippen molar-refractivity contribution in [1.82, 2.24) is 0 Å². The Morgan fingerprint density at radius 3 is 2.38 bits per heavy atom. The van der Waals surface area contributed by atoms with Crippen molar-refractivity contribution in [3.05, 3.63) is 59.2 Å². The minimum absolute atomic E-state index is 0.176. The van der Waals surface area contributed by atoms with Crippen LogP contribution < -0.4 is 9.47 Å². The number of ether oxygens (including phenoxy) is 2. The van der Waals surface area contributed by atoms with Crippen molar-refractivity contribution < 1.29 is 9.47 Å². The fourth-order valence-electron chi connectivity index (χ4n) is 2.80. The summed E-state index contributed by atoms with van der Waals surface area (Å²) in [4.78, 5) is 4.78. The zero-order chi connectivity index (χ0) is 14.9. The number of aliphatic imine (C=N–C) groups is 1. The van der Waals surface area contributed by atoms with Gasteiger partial charge in [0.2, 0.25) is 0 Å². The Hall–Kier alpha value is -2.29. The third kappa shape index (κ3) is 2.40. The van der Waals surface area contributed by atoms with Gasteiger partial charge in [-0.05, 0) is 35.7 Å². The van der Waals surface area contributed by atoms with Gasteiger partial charge in [0, 0.05) is 12.6 Å². The smallest absolute Gasteiger partial charge is 0.161 e. The molecule has 0 fully saturated rings. The Morgan fingerprint density at radius 1 is 1.05 bits per heavy atom. The van der Waals surface area contributed by atoms with E-state index in [4.69, 9.17) is 14.5 Å². The first kappa shape index (κ1) is 13.7. The fraction of sp³-hybridized carbons (Fsp3) is 0.278. The molecule has 0 bridgehead atoms. The van der Waals surface area contributed by atoms with E-state index in [1.165, 1.54) is 11.1 Å². The molecule has 0 radical (unpaired) electrons. The van der Waals surface area contributed by atoms with Crippen LogP contribution in [0.2, 0.25) is 0 Å². The van der Waals surface area contributed by atoms with E-state index in [1.807, 2.05) is 36.5 Å².